The summed E-state index contributed by atoms with van der Waals surface area (Å²) in [7, 11) is 3.50. The fraction of sp³-hybridized carbons (Fsp3) is 1.00. The van der Waals surface area contributed by atoms with Gasteiger partial charge in [0, 0.05) is 55.9 Å². The molecule has 0 saturated carbocycles. The molecule has 335 valence electrons. The zero-order valence-electron chi connectivity index (χ0n) is 38.4. The summed E-state index contributed by atoms with van der Waals surface area (Å²) >= 11 is 0. The number of rotatable bonds is 13. The minimum Gasteiger partial charge on any atom is -0.668 e. The van der Waals surface area contributed by atoms with Crippen LogP contribution in [0.1, 0.15) is 116 Å². The molecule has 5 heterocycles. The molecular formula is C43H79N4O10Y-. The van der Waals surface area contributed by atoms with E-state index in [9.17, 15) is 10.6 Å². The van der Waals surface area contributed by atoms with Gasteiger partial charge in [-0.15, -0.1) is 0 Å². The van der Waals surface area contributed by atoms with E-state index in [-0.39, 0.29) is 117 Å². The third-order valence-corrected chi connectivity index (χ3v) is 14.1. The van der Waals surface area contributed by atoms with Crippen molar-refractivity contribution < 1.29 is 80.4 Å². The summed E-state index contributed by atoms with van der Waals surface area (Å²) in [4.78, 5) is 3.22. The van der Waals surface area contributed by atoms with E-state index in [1.54, 1.807) is 21.0 Å². The first-order chi connectivity index (χ1) is 27.0. The number of hydrogen-bond acceptors (Lipinski definition) is 11. The summed E-state index contributed by atoms with van der Waals surface area (Å²) in [6.45, 7) is 28.4. The molecule has 5 aliphatic heterocycles. The summed E-state index contributed by atoms with van der Waals surface area (Å²) in [6, 6.07) is -0.487. The topological polar surface area (TPSA) is 166 Å². The van der Waals surface area contributed by atoms with Gasteiger partial charge in [0.05, 0.1) is 43.2 Å². The monoisotopic (exact) mass is 900 g/mol. The molecule has 14 nitrogen and oxygen atoms in total. The molecule has 1 radical (unpaired) electrons. The van der Waals surface area contributed by atoms with E-state index >= 15 is 0 Å². The number of nitrogens with zero attached hydrogens (tertiary/aromatic N) is 4. The van der Waals surface area contributed by atoms with Crippen LogP contribution in [-0.4, -0.2) is 112 Å². The second-order valence-corrected chi connectivity index (χ2v) is 18.4. The van der Waals surface area contributed by atoms with Crippen LogP contribution in [0.5, 0.6) is 0 Å². The molecule has 5 rings (SSSR count). The van der Waals surface area contributed by atoms with E-state index in [2.05, 4.69) is 98.4 Å². The fourth-order valence-electron chi connectivity index (χ4n) is 9.92. The first-order valence-electron chi connectivity index (χ1n) is 22.0. The summed E-state index contributed by atoms with van der Waals surface area (Å²) < 4.78 is 59.6. The van der Waals surface area contributed by atoms with E-state index in [4.69, 9.17) is 42.6 Å². The Morgan fingerprint density at radius 3 is 1.90 bits per heavy atom. The Morgan fingerprint density at radius 2 is 1.34 bits per heavy atom. The van der Waals surface area contributed by atoms with Crippen LogP contribution < -0.4 is 0 Å². The smallest absolute Gasteiger partial charge is 0.184 e. The molecule has 0 aliphatic carbocycles. The van der Waals surface area contributed by atoms with Crippen molar-refractivity contribution in [3.05, 3.63) is 15.8 Å². The molecule has 0 bridgehead atoms. The Balaban J connectivity index is 0.00000218. The zero-order chi connectivity index (χ0) is 42.4. The van der Waals surface area contributed by atoms with Crippen LogP contribution in [0.2, 0.25) is 0 Å². The maximum Gasteiger partial charge on any atom is 0.184 e. The Morgan fingerprint density at radius 1 is 0.776 bits per heavy atom. The van der Waals surface area contributed by atoms with Gasteiger partial charge in [0.25, 0.3) is 0 Å². The van der Waals surface area contributed by atoms with Gasteiger partial charge in [0.1, 0.15) is 25.1 Å². The molecule has 5 aliphatic rings. The number of azide groups is 1. The van der Waals surface area contributed by atoms with Crippen LogP contribution in [-0.2, 0) is 75.3 Å². The third kappa shape index (κ3) is 12.2. The normalized spacial score (nSPS) is 46.8. The van der Waals surface area contributed by atoms with Gasteiger partial charge in [0.2, 0.25) is 0 Å². The summed E-state index contributed by atoms with van der Waals surface area (Å²) in [5, 5.41) is 18.8. The molecule has 0 aromatic heterocycles. The number of aliphatic hydroxyl groups is 1. The Labute approximate surface area is 375 Å². The minimum atomic E-state index is -1.31. The van der Waals surface area contributed by atoms with Gasteiger partial charge in [0.15, 0.2) is 24.7 Å². The standard InChI is InChI=1S/C41H73N3O10.C2H6N.Y/c1-14-20(4)32-25(9)26(10)36(53-39-31(43-44-42)24(8)23(7)29(16-3)48-39)40(50-32)52-35-27(11)33(21(5)15-2)49-38(28(35)12)51-34-22(6)17-41(13,45)54-37(34)30-18-46-19-47-30;1-3-2;/h20-40,45H,14-19H2,1-13H3;1-2H3;/q;-1;/t20-,21-,22+,23-,24?,25-,26?,27+,28?,29?,30+,31+,32?,33?,34+,35-,36?,37?,38+,39+,40+,41-;;/m0../s1. The van der Waals surface area contributed by atoms with Gasteiger partial charge >= 0.3 is 0 Å². The van der Waals surface area contributed by atoms with E-state index in [1.807, 2.05) is 0 Å². The van der Waals surface area contributed by atoms with E-state index in [0.717, 1.165) is 19.3 Å². The second kappa shape index (κ2) is 23.6. The predicted octanol–water partition coefficient (Wildman–Crippen LogP) is 8.44. The summed E-state index contributed by atoms with van der Waals surface area (Å²) in [6.07, 6.45) is -1.27. The number of hydrogen-bond donors (Lipinski definition) is 1. The third-order valence-electron chi connectivity index (χ3n) is 14.1. The van der Waals surface area contributed by atoms with Gasteiger partial charge in [-0.05, 0) is 60.3 Å². The van der Waals surface area contributed by atoms with Crippen molar-refractivity contribution in [3.63, 3.8) is 0 Å². The SMILES string of the molecule is CCC1O[C@H](OC2C(C)[C@H](C)C([C@@H](C)CC)O[C@@H]2O[C@@H]2C(C)[C@@H](O[C@H]3C([C@H]4COCO4)O[C@](C)(O)C[C@H]3C)OC([C@@H](C)CC)[C@H]2C)[C@H](N=[N+]=[N-])C(C)[C@@H]1C.C[N-]C.[Y]. The van der Waals surface area contributed by atoms with Crippen molar-refractivity contribution in [1.82, 2.24) is 0 Å². The Bertz CT molecular complexity index is 1260. The quantitative estimate of drug-likeness (QED) is 0.108. The van der Waals surface area contributed by atoms with Crippen LogP contribution in [0.25, 0.3) is 15.8 Å². The van der Waals surface area contributed by atoms with E-state index in [0.29, 0.717) is 18.9 Å². The van der Waals surface area contributed by atoms with Crippen LogP contribution in [0.3, 0.4) is 0 Å². The van der Waals surface area contributed by atoms with Crippen LogP contribution in [0, 0.1) is 53.3 Å². The van der Waals surface area contributed by atoms with Gasteiger partial charge in [-0.25, -0.2) is 0 Å². The second-order valence-electron chi connectivity index (χ2n) is 18.4. The molecule has 58 heavy (non-hydrogen) atoms. The van der Waals surface area contributed by atoms with Crippen molar-refractivity contribution in [2.75, 3.05) is 27.5 Å². The average molecular weight is 901 g/mol. The summed E-state index contributed by atoms with van der Waals surface area (Å²) in [5.41, 5.74) is 9.61. The molecule has 0 spiro atoms. The van der Waals surface area contributed by atoms with Crippen LogP contribution in [0.15, 0.2) is 5.11 Å². The van der Waals surface area contributed by atoms with Gasteiger partial charge in [-0.2, -0.15) is 14.1 Å². The van der Waals surface area contributed by atoms with Gasteiger partial charge < -0.3 is 53.1 Å². The molecule has 22 atom stereocenters. The van der Waals surface area contributed by atoms with Crippen molar-refractivity contribution in [1.29, 1.82) is 0 Å². The Hall–Kier alpha value is -0.0261. The predicted molar refractivity (Wildman–Crippen MR) is 218 cm³/mol. The van der Waals surface area contributed by atoms with E-state index < -0.39 is 49.0 Å². The number of ether oxygens (including phenoxy) is 9. The van der Waals surface area contributed by atoms with Crippen molar-refractivity contribution in [3.8, 4) is 0 Å². The van der Waals surface area contributed by atoms with Crippen molar-refractivity contribution in [2.45, 2.75) is 195 Å². The molecule has 0 amide bonds. The molecule has 15 heteroatoms. The van der Waals surface area contributed by atoms with Crippen LogP contribution in [0.4, 0.5) is 0 Å². The maximum atomic E-state index is 11.0. The van der Waals surface area contributed by atoms with Gasteiger partial charge in [-0.3, -0.25) is 0 Å². The maximum absolute atomic E-state index is 11.0. The van der Waals surface area contributed by atoms with E-state index in [1.165, 1.54) is 0 Å². The largest absolute Gasteiger partial charge is 0.668 e. The van der Waals surface area contributed by atoms with Gasteiger partial charge in [-0.1, -0.05) is 101 Å². The summed E-state index contributed by atoms with van der Waals surface area (Å²) in [5.74, 6) is -0.509. The van der Waals surface area contributed by atoms with Crippen LogP contribution >= 0.6 is 0 Å². The molecule has 0 aromatic carbocycles. The van der Waals surface area contributed by atoms with Crippen molar-refractivity contribution >= 4 is 0 Å². The Kier molecular flexibility index (Phi) is 21.3. The fourth-order valence-corrected chi connectivity index (χ4v) is 9.92. The molecule has 1 N–H and O–H groups in total. The minimum absolute atomic E-state index is 0. The molecule has 8 unspecified atom stereocenters. The average Bonchev–Trinajstić information content (AvgIpc) is 3.72. The molecule has 5 saturated heterocycles. The molecule has 5 fully saturated rings. The molecular weight excluding hydrogens is 821 g/mol. The first kappa shape index (κ1) is 52.3. The molecule has 0 aromatic rings. The first-order valence-corrected chi connectivity index (χ1v) is 22.0. The van der Waals surface area contributed by atoms with Crippen molar-refractivity contribution in [2.24, 2.45) is 58.4 Å². The zero-order valence-corrected chi connectivity index (χ0v) is 41.2.